The van der Waals surface area contributed by atoms with E-state index in [4.69, 9.17) is 0 Å². The molecule has 1 aromatic rings. The number of rotatable bonds is 2. The molecule has 3 heteroatoms. The third-order valence-corrected chi connectivity index (χ3v) is 3.84. The topological polar surface area (TPSA) is 20.3 Å². The molecule has 19 heavy (non-hydrogen) atoms. The molecule has 0 amide bonds. The Labute approximate surface area is 119 Å². The summed E-state index contributed by atoms with van der Waals surface area (Å²) in [4.78, 5) is 13.2. The first-order chi connectivity index (χ1) is 9.25. The van der Waals surface area contributed by atoms with Crippen LogP contribution in [0, 0.1) is 11.8 Å². The Morgan fingerprint density at radius 3 is 2.84 bits per heavy atom. The molecule has 0 N–H and O–H groups in total. The van der Waals surface area contributed by atoms with Gasteiger partial charge in [-0.3, -0.25) is 4.79 Å². The lowest BCUT2D eigenvalue weighted by Gasteiger charge is -2.28. The minimum absolute atomic E-state index is 0.122. The van der Waals surface area contributed by atoms with Crippen LogP contribution in [0.15, 0.2) is 24.3 Å². The van der Waals surface area contributed by atoms with Crippen LogP contribution in [0.1, 0.15) is 31.7 Å². The molecule has 0 atom stereocenters. The largest absolute Gasteiger partial charge is 0.372 e. The summed E-state index contributed by atoms with van der Waals surface area (Å²) in [7, 11) is 0. The van der Waals surface area contributed by atoms with Gasteiger partial charge in [-0.05, 0) is 37.5 Å². The summed E-state index contributed by atoms with van der Waals surface area (Å²) in [6, 6.07) is 8.39. The zero-order valence-corrected chi connectivity index (χ0v) is 12.1. The van der Waals surface area contributed by atoms with E-state index in [1.807, 2.05) is 6.07 Å². The van der Waals surface area contributed by atoms with E-state index in [0.29, 0.717) is 5.75 Å². The van der Waals surface area contributed by atoms with Gasteiger partial charge in [-0.25, -0.2) is 0 Å². The summed E-state index contributed by atoms with van der Waals surface area (Å²) in [5.74, 6) is 6.74. The highest BCUT2D eigenvalue weighted by atomic mass is 32.2. The van der Waals surface area contributed by atoms with Crippen LogP contribution in [0.4, 0.5) is 5.69 Å². The van der Waals surface area contributed by atoms with Gasteiger partial charge in [0, 0.05) is 31.3 Å². The van der Waals surface area contributed by atoms with Crippen LogP contribution < -0.4 is 4.90 Å². The molecule has 100 valence electrons. The Bertz CT molecular complexity index is 495. The summed E-state index contributed by atoms with van der Waals surface area (Å²) in [5.41, 5.74) is 2.30. The smallest absolute Gasteiger partial charge is 0.186 e. The highest BCUT2D eigenvalue weighted by Crippen LogP contribution is 2.20. The Balaban J connectivity index is 2.00. The Hall–Kier alpha value is -1.40. The molecule has 0 unspecified atom stereocenters. The molecule has 0 spiro atoms. The van der Waals surface area contributed by atoms with Crippen LogP contribution in [-0.2, 0) is 4.79 Å². The molecule has 0 radical (unpaired) electrons. The molecular formula is C16H19NOS. The average Bonchev–Trinajstić information content (AvgIpc) is 2.45. The molecular weight excluding hydrogens is 254 g/mol. The van der Waals surface area contributed by atoms with Gasteiger partial charge in [-0.15, -0.1) is 0 Å². The van der Waals surface area contributed by atoms with E-state index in [-0.39, 0.29) is 5.12 Å². The predicted molar refractivity (Wildman–Crippen MR) is 82.5 cm³/mol. The van der Waals surface area contributed by atoms with Gasteiger partial charge in [0.25, 0.3) is 0 Å². The lowest BCUT2D eigenvalue weighted by Crippen LogP contribution is -2.29. The normalized spacial score (nSPS) is 14.7. The molecule has 1 aliphatic heterocycles. The number of hydrogen-bond acceptors (Lipinski definition) is 3. The molecule has 1 aromatic carbocycles. The van der Waals surface area contributed by atoms with Gasteiger partial charge >= 0.3 is 0 Å². The fraction of sp³-hybridized carbons (Fsp3) is 0.438. The van der Waals surface area contributed by atoms with E-state index in [9.17, 15) is 4.79 Å². The van der Waals surface area contributed by atoms with Crippen molar-refractivity contribution >= 4 is 22.6 Å². The average molecular weight is 273 g/mol. The second-order valence-corrected chi connectivity index (χ2v) is 5.83. The lowest BCUT2D eigenvalue weighted by molar-refractivity contribution is -0.109. The number of carbonyl (C=O) groups excluding carboxylic acids is 1. The van der Waals surface area contributed by atoms with Gasteiger partial charge in [-0.2, -0.15) is 0 Å². The van der Waals surface area contributed by atoms with Crippen molar-refractivity contribution in [3.8, 4) is 11.8 Å². The second kappa shape index (κ2) is 7.25. The zero-order valence-electron chi connectivity index (χ0n) is 11.3. The van der Waals surface area contributed by atoms with Crippen molar-refractivity contribution in [2.45, 2.75) is 26.2 Å². The van der Waals surface area contributed by atoms with Gasteiger partial charge in [0.15, 0.2) is 5.12 Å². The number of piperidine rings is 1. The molecule has 0 aromatic heterocycles. The molecule has 0 bridgehead atoms. The van der Waals surface area contributed by atoms with Gasteiger partial charge < -0.3 is 4.90 Å². The lowest BCUT2D eigenvalue weighted by atomic mass is 10.1. The maximum absolute atomic E-state index is 10.8. The predicted octanol–water partition coefficient (Wildman–Crippen LogP) is 3.31. The first-order valence-electron chi connectivity index (χ1n) is 6.73. The van der Waals surface area contributed by atoms with Crippen molar-refractivity contribution in [1.29, 1.82) is 0 Å². The van der Waals surface area contributed by atoms with Crippen molar-refractivity contribution in [3.05, 3.63) is 29.8 Å². The minimum Gasteiger partial charge on any atom is -0.372 e. The number of thioether (sulfide) groups is 1. The number of anilines is 1. The first-order valence-corrected chi connectivity index (χ1v) is 7.71. The summed E-state index contributed by atoms with van der Waals surface area (Å²) >= 11 is 1.26. The number of nitrogens with zero attached hydrogens (tertiary/aromatic N) is 1. The summed E-state index contributed by atoms with van der Waals surface area (Å²) in [6.07, 6.45) is 3.91. The molecule has 1 aliphatic rings. The molecule has 0 aliphatic carbocycles. The van der Waals surface area contributed by atoms with Gasteiger partial charge in [-0.1, -0.05) is 29.7 Å². The van der Waals surface area contributed by atoms with Gasteiger partial charge in [0.2, 0.25) is 0 Å². The Morgan fingerprint density at radius 2 is 2.11 bits per heavy atom. The fourth-order valence-corrected chi connectivity index (χ4v) is 2.56. The van der Waals surface area contributed by atoms with E-state index >= 15 is 0 Å². The third kappa shape index (κ3) is 4.65. The molecule has 0 saturated carbocycles. The maximum atomic E-state index is 10.8. The summed E-state index contributed by atoms with van der Waals surface area (Å²) in [5, 5.41) is 0.122. The minimum atomic E-state index is 0.122. The molecule has 1 saturated heterocycles. The number of hydrogen-bond donors (Lipinski definition) is 0. The van der Waals surface area contributed by atoms with E-state index < -0.39 is 0 Å². The highest BCUT2D eigenvalue weighted by Gasteiger charge is 2.10. The van der Waals surface area contributed by atoms with Crippen LogP contribution in [0.3, 0.4) is 0 Å². The monoisotopic (exact) mass is 273 g/mol. The standard InChI is InChI=1S/C16H19NOS/c1-14(18)19-12-6-8-15-7-5-9-16(13-15)17-10-3-2-4-11-17/h5,7,9,13H,2-4,10-12H2,1H3. The zero-order chi connectivity index (χ0) is 13.5. The Kier molecular flexibility index (Phi) is 5.35. The SMILES string of the molecule is CC(=O)SCC#Cc1cccc(N2CCCCC2)c1. The number of carbonyl (C=O) groups is 1. The van der Waals surface area contributed by atoms with Crippen LogP contribution in [0.25, 0.3) is 0 Å². The highest BCUT2D eigenvalue weighted by molar-refractivity contribution is 8.13. The quantitative estimate of drug-likeness (QED) is 0.771. The summed E-state index contributed by atoms with van der Waals surface area (Å²) < 4.78 is 0. The van der Waals surface area contributed by atoms with Gasteiger partial charge in [0.1, 0.15) is 0 Å². The molecule has 1 fully saturated rings. The second-order valence-electron chi connectivity index (χ2n) is 4.68. The van der Waals surface area contributed by atoms with Crippen LogP contribution >= 0.6 is 11.8 Å². The van der Waals surface area contributed by atoms with Crippen molar-refractivity contribution < 1.29 is 4.79 Å². The summed E-state index contributed by atoms with van der Waals surface area (Å²) in [6.45, 7) is 3.87. The van der Waals surface area contributed by atoms with Crippen molar-refractivity contribution in [2.24, 2.45) is 0 Å². The van der Waals surface area contributed by atoms with E-state index in [0.717, 1.165) is 18.7 Å². The first kappa shape index (κ1) is 14.0. The Morgan fingerprint density at radius 1 is 1.32 bits per heavy atom. The van der Waals surface area contributed by atoms with Crippen LogP contribution in [0.2, 0.25) is 0 Å². The third-order valence-electron chi connectivity index (χ3n) is 3.15. The van der Waals surface area contributed by atoms with Gasteiger partial charge in [0.05, 0.1) is 5.75 Å². The fourth-order valence-electron chi connectivity index (χ4n) is 2.21. The van der Waals surface area contributed by atoms with E-state index in [1.54, 1.807) is 6.92 Å². The molecule has 1 heterocycles. The van der Waals surface area contributed by atoms with Crippen molar-refractivity contribution in [2.75, 3.05) is 23.7 Å². The van der Waals surface area contributed by atoms with Crippen LogP contribution in [0.5, 0.6) is 0 Å². The van der Waals surface area contributed by atoms with E-state index in [1.165, 1.54) is 36.7 Å². The van der Waals surface area contributed by atoms with Crippen LogP contribution in [-0.4, -0.2) is 24.0 Å². The number of benzene rings is 1. The molecule has 2 rings (SSSR count). The van der Waals surface area contributed by atoms with Crippen molar-refractivity contribution in [1.82, 2.24) is 0 Å². The van der Waals surface area contributed by atoms with Crippen molar-refractivity contribution in [3.63, 3.8) is 0 Å². The molecule has 2 nitrogen and oxygen atoms in total. The van der Waals surface area contributed by atoms with E-state index in [2.05, 4.69) is 34.9 Å². The maximum Gasteiger partial charge on any atom is 0.186 e.